The summed E-state index contributed by atoms with van der Waals surface area (Å²) >= 11 is 0. The van der Waals surface area contributed by atoms with Crippen LogP contribution in [0, 0.1) is 0 Å². The van der Waals surface area contributed by atoms with Gasteiger partial charge >= 0.3 is 0 Å². The van der Waals surface area contributed by atoms with Crippen LogP contribution >= 0.6 is 0 Å². The highest BCUT2D eigenvalue weighted by atomic mass is 16.5. The molecule has 6 nitrogen and oxygen atoms in total. The summed E-state index contributed by atoms with van der Waals surface area (Å²) in [6.45, 7) is 3.97. The van der Waals surface area contributed by atoms with Crippen molar-refractivity contribution < 1.29 is 19.0 Å². The van der Waals surface area contributed by atoms with E-state index in [2.05, 4.69) is 11.1 Å². The largest absolute Gasteiger partial charge is 0.490 e. The molecule has 6 heteroatoms. The Labute approximate surface area is 181 Å². The molecule has 0 unspecified atom stereocenters. The van der Waals surface area contributed by atoms with Crippen LogP contribution in [0.3, 0.4) is 0 Å². The molecule has 0 saturated carbocycles. The molecule has 31 heavy (non-hydrogen) atoms. The molecule has 1 amide bonds. The van der Waals surface area contributed by atoms with E-state index >= 15 is 0 Å². The second kappa shape index (κ2) is 8.30. The molecule has 3 heterocycles. The van der Waals surface area contributed by atoms with Crippen LogP contribution in [0.25, 0.3) is 0 Å². The lowest BCUT2D eigenvalue weighted by Gasteiger charge is -2.36. The molecule has 158 valence electrons. The number of ether oxygens (including phenoxy) is 3. The number of hydrogen-bond donors (Lipinski definition) is 0. The van der Waals surface area contributed by atoms with Crippen molar-refractivity contribution in [1.29, 1.82) is 0 Å². The second-order valence-corrected chi connectivity index (χ2v) is 7.74. The van der Waals surface area contributed by atoms with Crippen molar-refractivity contribution in [2.75, 3.05) is 19.8 Å². The van der Waals surface area contributed by atoms with Crippen molar-refractivity contribution in [2.24, 2.45) is 0 Å². The molecule has 5 rings (SSSR count). The molecular formula is C25H24N2O4. The molecule has 0 N–H and O–H groups in total. The maximum absolute atomic E-state index is 13.5. The molecule has 1 atom stereocenters. The monoisotopic (exact) mass is 416 g/mol. The quantitative estimate of drug-likeness (QED) is 0.614. The number of carbonyl (C=O) groups is 1. The maximum atomic E-state index is 13.5. The fourth-order valence-corrected chi connectivity index (χ4v) is 4.14. The van der Waals surface area contributed by atoms with Crippen LogP contribution < -0.4 is 14.2 Å². The van der Waals surface area contributed by atoms with Crippen LogP contribution in [0.15, 0.2) is 60.8 Å². The topological polar surface area (TPSA) is 60.9 Å². The van der Waals surface area contributed by atoms with Crippen LogP contribution in [0.5, 0.6) is 23.1 Å². The van der Waals surface area contributed by atoms with E-state index in [-0.39, 0.29) is 11.9 Å². The lowest BCUT2D eigenvalue weighted by molar-refractivity contribution is 0.0674. The number of benzene rings is 2. The lowest BCUT2D eigenvalue weighted by Crippen LogP contribution is -2.39. The number of carbonyl (C=O) groups excluding carboxylic acids is 1. The molecule has 0 saturated heterocycles. The van der Waals surface area contributed by atoms with Crippen molar-refractivity contribution in [3.63, 3.8) is 0 Å². The van der Waals surface area contributed by atoms with Gasteiger partial charge in [0.2, 0.25) is 5.88 Å². The highest BCUT2D eigenvalue weighted by Crippen LogP contribution is 2.40. The van der Waals surface area contributed by atoms with E-state index in [1.165, 1.54) is 5.56 Å². The number of hydrogen-bond acceptors (Lipinski definition) is 5. The molecule has 2 aliphatic heterocycles. The second-order valence-electron chi connectivity index (χ2n) is 7.74. The van der Waals surface area contributed by atoms with Crippen molar-refractivity contribution in [3.8, 4) is 23.1 Å². The molecule has 3 aromatic rings. The normalized spacial score (nSPS) is 17.5. The third kappa shape index (κ3) is 3.81. The van der Waals surface area contributed by atoms with E-state index in [1.54, 1.807) is 18.3 Å². The number of para-hydroxylation sites is 1. The summed E-state index contributed by atoms with van der Waals surface area (Å²) in [4.78, 5) is 19.7. The van der Waals surface area contributed by atoms with Gasteiger partial charge in [-0.15, -0.1) is 0 Å². The zero-order chi connectivity index (χ0) is 21.2. The number of pyridine rings is 1. The van der Waals surface area contributed by atoms with E-state index in [0.717, 1.165) is 29.9 Å². The number of nitrogens with zero attached hydrogens (tertiary/aromatic N) is 2. The molecule has 0 spiro atoms. The third-order valence-electron chi connectivity index (χ3n) is 5.77. The van der Waals surface area contributed by atoms with Gasteiger partial charge in [0.25, 0.3) is 5.91 Å². The first-order chi connectivity index (χ1) is 15.2. The SMILES string of the molecule is C[C@@H]1c2cc3c(cc2CCN1C(=O)c1cccnc1Oc1ccccc1)OCCCO3. The summed E-state index contributed by atoms with van der Waals surface area (Å²) < 4.78 is 17.6. The molecule has 0 aliphatic carbocycles. The minimum atomic E-state index is -0.0989. The molecule has 0 fully saturated rings. The Bertz CT molecular complexity index is 1100. The maximum Gasteiger partial charge on any atom is 0.259 e. The van der Waals surface area contributed by atoms with Gasteiger partial charge < -0.3 is 19.1 Å². The van der Waals surface area contributed by atoms with Gasteiger partial charge in [0.15, 0.2) is 11.5 Å². The third-order valence-corrected chi connectivity index (χ3v) is 5.77. The van der Waals surface area contributed by atoms with Crippen molar-refractivity contribution in [2.45, 2.75) is 25.8 Å². The molecule has 0 bridgehead atoms. The van der Waals surface area contributed by atoms with Gasteiger partial charge in [-0.25, -0.2) is 4.98 Å². The Morgan fingerprint density at radius 3 is 2.65 bits per heavy atom. The average molecular weight is 416 g/mol. The Hall–Kier alpha value is -3.54. The van der Waals surface area contributed by atoms with Crippen LogP contribution in [0.1, 0.15) is 40.9 Å². The van der Waals surface area contributed by atoms with E-state index in [9.17, 15) is 4.79 Å². The summed E-state index contributed by atoms with van der Waals surface area (Å²) in [5.74, 6) is 2.42. The van der Waals surface area contributed by atoms with Gasteiger partial charge in [-0.1, -0.05) is 18.2 Å². The summed E-state index contributed by atoms with van der Waals surface area (Å²) in [5, 5.41) is 0. The summed E-state index contributed by atoms with van der Waals surface area (Å²) in [5.41, 5.74) is 2.75. The van der Waals surface area contributed by atoms with Crippen molar-refractivity contribution >= 4 is 5.91 Å². The zero-order valence-corrected chi connectivity index (χ0v) is 17.4. The zero-order valence-electron chi connectivity index (χ0n) is 17.4. The van der Waals surface area contributed by atoms with Gasteiger partial charge in [0.1, 0.15) is 11.3 Å². The number of aromatic nitrogens is 1. The van der Waals surface area contributed by atoms with Gasteiger partial charge in [-0.05, 0) is 60.9 Å². The average Bonchev–Trinajstić information content (AvgIpc) is 3.04. The fraction of sp³-hybridized carbons (Fsp3) is 0.280. The standard InChI is InChI=1S/C25H24N2O4/c1-17-21-16-23-22(29-13-6-14-30-23)15-18(21)10-12-27(17)25(28)20-9-5-11-26-24(20)31-19-7-3-2-4-8-19/h2-5,7-9,11,15-17H,6,10,12-14H2,1H3/t17-/m1/s1. The Kier molecular flexibility index (Phi) is 5.20. The first-order valence-electron chi connectivity index (χ1n) is 10.6. The predicted molar refractivity (Wildman–Crippen MR) is 116 cm³/mol. The number of rotatable bonds is 3. The first-order valence-corrected chi connectivity index (χ1v) is 10.6. The Morgan fingerprint density at radius 1 is 1.06 bits per heavy atom. The van der Waals surface area contributed by atoms with E-state index < -0.39 is 0 Å². The van der Waals surface area contributed by atoms with Gasteiger partial charge in [-0.2, -0.15) is 0 Å². The minimum absolute atomic E-state index is 0.0932. The molecular weight excluding hydrogens is 392 g/mol. The predicted octanol–water partition coefficient (Wildman–Crippen LogP) is 4.79. The van der Waals surface area contributed by atoms with E-state index in [0.29, 0.717) is 37.0 Å². The molecule has 0 radical (unpaired) electrons. The van der Waals surface area contributed by atoms with Crippen molar-refractivity contribution in [3.05, 3.63) is 77.5 Å². The highest BCUT2D eigenvalue weighted by Gasteiger charge is 2.31. The summed E-state index contributed by atoms with van der Waals surface area (Å²) in [6, 6.07) is 16.9. The van der Waals surface area contributed by atoms with Crippen LogP contribution in [0.2, 0.25) is 0 Å². The number of amides is 1. The van der Waals surface area contributed by atoms with Crippen LogP contribution in [0.4, 0.5) is 0 Å². The van der Waals surface area contributed by atoms with E-state index in [1.807, 2.05) is 48.2 Å². The van der Waals surface area contributed by atoms with Crippen molar-refractivity contribution in [1.82, 2.24) is 9.88 Å². The van der Waals surface area contributed by atoms with Crippen LogP contribution in [-0.2, 0) is 6.42 Å². The molecule has 2 aliphatic rings. The Morgan fingerprint density at radius 2 is 1.84 bits per heavy atom. The summed E-state index contributed by atoms with van der Waals surface area (Å²) in [7, 11) is 0. The Balaban J connectivity index is 1.43. The fourth-order valence-electron chi connectivity index (χ4n) is 4.14. The molecule has 1 aromatic heterocycles. The minimum Gasteiger partial charge on any atom is -0.490 e. The smallest absolute Gasteiger partial charge is 0.259 e. The van der Waals surface area contributed by atoms with Gasteiger partial charge in [0.05, 0.1) is 19.3 Å². The van der Waals surface area contributed by atoms with E-state index in [4.69, 9.17) is 14.2 Å². The van der Waals surface area contributed by atoms with Gasteiger partial charge in [0, 0.05) is 19.2 Å². The highest BCUT2D eigenvalue weighted by molar-refractivity contribution is 5.97. The molecule has 2 aromatic carbocycles. The number of fused-ring (bicyclic) bond motifs is 2. The lowest BCUT2D eigenvalue weighted by atomic mass is 9.92. The van der Waals surface area contributed by atoms with Gasteiger partial charge in [-0.3, -0.25) is 4.79 Å². The first kappa shape index (κ1) is 19.4. The van der Waals surface area contributed by atoms with Crippen LogP contribution in [-0.4, -0.2) is 35.5 Å². The summed E-state index contributed by atoms with van der Waals surface area (Å²) in [6.07, 6.45) is 3.26.